The van der Waals surface area contributed by atoms with E-state index < -0.39 is 11.1 Å². The molecule has 6 heteroatoms. The molecule has 1 saturated carbocycles. The SMILES string of the molecule is CCC1(C)C(=O)NC2(CCCC2)C(=O)N1Cc1cncs1. The number of thiazole rings is 1. The molecule has 1 atom stereocenters. The van der Waals surface area contributed by atoms with Crippen LogP contribution in [0.15, 0.2) is 11.7 Å². The molecule has 1 spiro atoms. The lowest BCUT2D eigenvalue weighted by Crippen LogP contribution is -2.73. The number of carbonyl (C=O) groups is 2. The van der Waals surface area contributed by atoms with Crippen molar-refractivity contribution in [1.29, 1.82) is 0 Å². The number of nitrogens with zero attached hydrogens (tertiary/aromatic N) is 2. The predicted molar refractivity (Wildman–Crippen MR) is 80.7 cm³/mol. The lowest BCUT2D eigenvalue weighted by Gasteiger charge is -2.50. The van der Waals surface area contributed by atoms with Crippen LogP contribution in [0, 0.1) is 0 Å². The third-order valence-electron chi connectivity index (χ3n) is 5.04. The van der Waals surface area contributed by atoms with E-state index in [0.717, 1.165) is 30.6 Å². The van der Waals surface area contributed by atoms with Crippen molar-refractivity contribution >= 4 is 23.2 Å². The molecule has 3 rings (SSSR count). The second kappa shape index (κ2) is 5.09. The van der Waals surface area contributed by atoms with Gasteiger partial charge in [-0.1, -0.05) is 19.8 Å². The molecule has 114 valence electrons. The van der Waals surface area contributed by atoms with Gasteiger partial charge in [-0.15, -0.1) is 11.3 Å². The Morgan fingerprint density at radius 3 is 2.67 bits per heavy atom. The Kier molecular flexibility index (Phi) is 3.51. The molecule has 1 aliphatic carbocycles. The maximum absolute atomic E-state index is 13.1. The fraction of sp³-hybridized carbons (Fsp3) is 0.667. The molecular formula is C15H21N3O2S. The van der Waals surface area contributed by atoms with Gasteiger partial charge in [-0.2, -0.15) is 0 Å². The van der Waals surface area contributed by atoms with Gasteiger partial charge < -0.3 is 10.2 Å². The van der Waals surface area contributed by atoms with Crippen LogP contribution in [0.1, 0.15) is 50.8 Å². The number of hydrogen-bond donors (Lipinski definition) is 1. The summed E-state index contributed by atoms with van der Waals surface area (Å²) in [4.78, 5) is 32.6. The van der Waals surface area contributed by atoms with E-state index in [-0.39, 0.29) is 11.8 Å². The third kappa shape index (κ3) is 2.16. The molecule has 1 aromatic heterocycles. The first kappa shape index (κ1) is 14.5. The lowest BCUT2D eigenvalue weighted by atomic mass is 9.83. The van der Waals surface area contributed by atoms with E-state index in [4.69, 9.17) is 0 Å². The molecule has 0 bridgehead atoms. The predicted octanol–water partition coefficient (Wildman–Crippen LogP) is 2.08. The highest BCUT2D eigenvalue weighted by molar-refractivity contribution is 7.09. The monoisotopic (exact) mass is 307 g/mol. The van der Waals surface area contributed by atoms with E-state index >= 15 is 0 Å². The van der Waals surface area contributed by atoms with Crippen molar-refractivity contribution in [2.24, 2.45) is 0 Å². The maximum Gasteiger partial charge on any atom is 0.249 e. The number of aromatic nitrogens is 1. The van der Waals surface area contributed by atoms with Crippen molar-refractivity contribution in [3.05, 3.63) is 16.6 Å². The number of rotatable bonds is 3. The quantitative estimate of drug-likeness (QED) is 0.930. The van der Waals surface area contributed by atoms with E-state index in [2.05, 4.69) is 10.3 Å². The Morgan fingerprint density at radius 1 is 1.38 bits per heavy atom. The zero-order valence-corrected chi connectivity index (χ0v) is 13.3. The van der Waals surface area contributed by atoms with Gasteiger partial charge in [0.1, 0.15) is 11.1 Å². The highest BCUT2D eigenvalue weighted by Gasteiger charge is 2.56. The Labute approximate surface area is 128 Å². The zero-order valence-electron chi connectivity index (χ0n) is 12.5. The smallest absolute Gasteiger partial charge is 0.249 e. The maximum atomic E-state index is 13.1. The summed E-state index contributed by atoms with van der Waals surface area (Å²) in [5, 5.41) is 3.05. The molecule has 0 radical (unpaired) electrons. The number of amides is 2. The number of carbonyl (C=O) groups excluding carboxylic acids is 2. The summed E-state index contributed by atoms with van der Waals surface area (Å²) in [5.74, 6) is 0.0633. The van der Waals surface area contributed by atoms with Crippen LogP contribution in [-0.4, -0.2) is 32.8 Å². The summed E-state index contributed by atoms with van der Waals surface area (Å²) in [6.07, 6.45) is 5.92. The highest BCUT2D eigenvalue weighted by atomic mass is 32.1. The first-order valence-corrected chi connectivity index (χ1v) is 8.42. The minimum absolute atomic E-state index is 0.0176. The molecule has 2 fully saturated rings. The third-order valence-corrected chi connectivity index (χ3v) is 5.80. The van der Waals surface area contributed by atoms with Crippen LogP contribution in [0.3, 0.4) is 0 Å². The summed E-state index contributed by atoms with van der Waals surface area (Å²) < 4.78 is 0. The minimum atomic E-state index is -0.769. The van der Waals surface area contributed by atoms with Crippen LogP contribution in [0.5, 0.6) is 0 Å². The average Bonchev–Trinajstić information content (AvgIpc) is 3.14. The second-order valence-corrected chi connectivity index (χ2v) is 7.20. The standard InChI is InChI=1S/C15H21N3O2S/c1-3-14(2)12(19)17-15(6-4-5-7-15)13(20)18(14)9-11-8-16-10-21-11/h8,10H,3-7,9H2,1-2H3,(H,17,19). The Balaban J connectivity index is 1.97. The van der Waals surface area contributed by atoms with Gasteiger partial charge in [-0.25, -0.2) is 0 Å². The summed E-state index contributed by atoms with van der Waals surface area (Å²) in [7, 11) is 0. The van der Waals surface area contributed by atoms with Crippen molar-refractivity contribution in [3.63, 3.8) is 0 Å². The first-order valence-electron chi connectivity index (χ1n) is 7.54. The van der Waals surface area contributed by atoms with Crippen LogP contribution in [0.25, 0.3) is 0 Å². The molecule has 21 heavy (non-hydrogen) atoms. The topological polar surface area (TPSA) is 62.3 Å². The van der Waals surface area contributed by atoms with Gasteiger partial charge in [-0.05, 0) is 26.2 Å². The highest BCUT2D eigenvalue weighted by Crippen LogP contribution is 2.39. The number of nitrogens with one attached hydrogen (secondary N) is 1. The summed E-state index contributed by atoms with van der Waals surface area (Å²) >= 11 is 1.53. The number of piperazine rings is 1. The molecule has 1 saturated heterocycles. The van der Waals surface area contributed by atoms with Gasteiger partial charge in [-0.3, -0.25) is 14.6 Å². The normalized spacial score (nSPS) is 28.2. The first-order chi connectivity index (χ1) is 10.0. The van der Waals surface area contributed by atoms with Crippen LogP contribution in [-0.2, 0) is 16.1 Å². The molecule has 2 heterocycles. The molecule has 1 N–H and O–H groups in total. The van der Waals surface area contributed by atoms with E-state index in [1.807, 2.05) is 13.8 Å². The van der Waals surface area contributed by atoms with Crippen LogP contribution < -0.4 is 5.32 Å². The molecule has 1 aromatic rings. The van der Waals surface area contributed by atoms with E-state index in [9.17, 15) is 9.59 Å². The van der Waals surface area contributed by atoms with Crippen molar-refractivity contribution < 1.29 is 9.59 Å². The average molecular weight is 307 g/mol. The van der Waals surface area contributed by atoms with Gasteiger partial charge >= 0.3 is 0 Å². The van der Waals surface area contributed by atoms with Gasteiger partial charge in [0.05, 0.1) is 12.1 Å². The summed E-state index contributed by atoms with van der Waals surface area (Å²) in [6, 6.07) is 0. The van der Waals surface area contributed by atoms with Crippen LogP contribution in [0.2, 0.25) is 0 Å². The van der Waals surface area contributed by atoms with Crippen LogP contribution >= 0.6 is 11.3 Å². The molecule has 0 aromatic carbocycles. The Hall–Kier alpha value is -1.43. The van der Waals surface area contributed by atoms with E-state index in [0.29, 0.717) is 13.0 Å². The van der Waals surface area contributed by atoms with E-state index in [1.165, 1.54) is 11.3 Å². The van der Waals surface area contributed by atoms with Gasteiger partial charge in [0, 0.05) is 11.1 Å². The van der Waals surface area contributed by atoms with Gasteiger partial charge in [0.15, 0.2) is 0 Å². The van der Waals surface area contributed by atoms with Gasteiger partial charge in [0.25, 0.3) is 0 Å². The second-order valence-electron chi connectivity index (χ2n) is 6.23. The summed E-state index contributed by atoms with van der Waals surface area (Å²) in [6.45, 7) is 4.30. The molecule has 1 unspecified atom stereocenters. The molecule has 2 amide bonds. The largest absolute Gasteiger partial charge is 0.340 e. The van der Waals surface area contributed by atoms with Crippen molar-refractivity contribution in [2.75, 3.05) is 0 Å². The molecule has 5 nitrogen and oxygen atoms in total. The van der Waals surface area contributed by atoms with Crippen LogP contribution in [0.4, 0.5) is 0 Å². The fourth-order valence-corrected chi connectivity index (χ4v) is 3.98. The zero-order chi connectivity index (χ0) is 15.1. The molecule has 1 aliphatic heterocycles. The summed E-state index contributed by atoms with van der Waals surface area (Å²) in [5.41, 5.74) is 0.337. The lowest BCUT2D eigenvalue weighted by molar-refractivity contribution is -0.163. The number of hydrogen-bond acceptors (Lipinski definition) is 4. The Morgan fingerprint density at radius 2 is 2.10 bits per heavy atom. The van der Waals surface area contributed by atoms with Gasteiger partial charge in [0.2, 0.25) is 11.8 Å². The Bertz CT molecular complexity index is 551. The van der Waals surface area contributed by atoms with Crippen molar-refractivity contribution in [3.8, 4) is 0 Å². The molecule has 2 aliphatic rings. The fourth-order valence-electron chi connectivity index (χ4n) is 3.40. The van der Waals surface area contributed by atoms with Crippen molar-refractivity contribution in [2.45, 2.75) is 63.6 Å². The minimum Gasteiger partial charge on any atom is -0.340 e. The van der Waals surface area contributed by atoms with E-state index in [1.54, 1.807) is 16.6 Å². The van der Waals surface area contributed by atoms with Crippen molar-refractivity contribution in [1.82, 2.24) is 15.2 Å². The molecular weight excluding hydrogens is 286 g/mol.